The summed E-state index contributed by atoms with van der Waals surface area (Å²) in [5.74, 6) is -0.502. The van der Waals surface area contributed by atoms with Gasteiger partial charge in [-0.1, -0.05) is 73.6 Å². The van der Waals surface area contributed by atoms with E-state index in [1.165, 1.54) is 15.7 Å². The molecule has 3 aromatic rings. The third-order valence-electron chi connectivity index (χ3n) is 6.56. The Morgan fingerprint density at radius 1 is 0.944 bits per heavy atom. The van der Waals surface area contributed by atoms with E-state index in [0.717, 1.165) is 39.9 Å². The molecule has 0 radical (unpaired) electrons. The van der Waals surface area contributed by atoms with E-state index in [-0.39, 0.29) is 5.57 Å². The maximum Gasteiger partial charge on any atom is 0.333 e. The summed E-state index contributed by atoms with van der Waals surface area (Å²) in [7, 11) is 0. The SMILES string of the molecule is CCCCN1C(=O)N(c2ccccc2)C(=O)/C(=C/C=C2\Sc3ccc4ccccc4c3N2CC)C1O. The summed E-state index contributed by atoms with van der Waals surface area (Å²) in [5.41, 5.74) is 1.83. The van der Waals surface area contributed by atoms with Crippen molar-refractivity contribution in [1.82, 2.24) is 4.90 Å². The first kappa shape index (κ1) is 24.2. The number of carbonyl (C=O) groups excluding carboxylic acids is 2. The number of nitrogens with zero attached hydrogens (tertiary/aromatic N) is 3. The maximum atomic E-state index is 13.5. The van der Waals surface area contributed by atoms with E-state index in [2.05, 4.69) is 36.1 Å². The number of imide groups is 1. The summed E-state index contributed by atoms with van der Waals surface area (Å²) in [5, 5.41) is 14.4. The molecule has 0 saturated carbocycles. The first-order valence-corrected chi connectivity index (χ1v) is 13.1. The molecule has 2 aliphatic rings. The van der Waals surface area contributed by atoms with Crippen LogP contribution < -0.4 is 9.80 Å². The highest BCUT2D eigenvalue weighted by Crippen LogP contribution is 2.49. The number of allylic oxidation sites excluding steroid dienone is 2. The van der Waals surface area contributed by atoms with Crippen molar-refractivity contribution in [3.05, 3.63) is 89.5 Å². The Balaban J connectivity index is 1.54. The van der Waals surface area contributed by atoms with Crippen molar-refractivity contribution < 1.29 is 14.7 Å². The quantitative estimate of drug-likeness (QED) is 0.414. The summed E-state index contributed by atoms with van der Waals surface area (Å²) in [4.78, 5) is 32.7. The number of aliphatic hydroxyl groups excluding tert-OH is 1. The molecule has 1 atom stereocenters. The van der Waals surface area contributed by atoms with Gasteiger partial charge in [-0.25, -0.2) is 9.69 Å². The highest BCUT2D eigenvalue weighted by atomic mass is 32.2. The van der Waals surface area contributed by atoms with Crippen LogP contribution in [0.25, 0.3) is 10.8 Å². The molecule has 0 bridgehead atoms. The summed E-state index contributed by atoms with van der Waals surface area (Å²) in [6.07, 6.45) is 3.87. The number of anilines is 2. The van der Waals surface area contributed by atoms with Gasteiger partial charge < -0.3 is 10.0 Å². The second-order valence-electron chi connectivity index (χ2n) is 8.79. The summed E-state index contributed by atoms with van der Waals surface area (Å²) >= 11 is 1.64. The van der Waals surface area contributed by atoms with Crippen LogP contribution in [0.15, 0.2) is 94.4 Å². The monoisotopic (exact) mass is 499 g/mol. The zero-order chi connectivity index (χ0) is 25.2. The Kier molecular flexibility index (Phi) is 6.85. The van der Waals surface area contributed by atoms with Crippen LogP contribution in [-0.2, 0) is 4.79 Å². The lowest BCUT2D eigenvalue weighted by Gasteiger charge is -2.39. The van der Waals surface area contributed by atoms with E-state index >= 15 is 0 Å². The molecular formula is C29H29N3O3S. The molecular weight excluding hydrogens is 470 g/mol. The summed E-state index contributed by atoms with van der Waals surface area (Å²) in [6, 6.07) is 20.9. The number of fused-ring (bicyclic) bond motifs is 3. The Labute approximate surface area is 215 Å². The molecule has 7 heteroatoms. The molecule has 0 aliphatic carbocycles. The summed E-state index contributed by atoms with van der Waals surface area (Å²) in [6.45, 7) is 5.26. The number of thioether (sulfide) groups is 1. The molecule has 5 rings (SSSR count). The Hall–Kier alpha value is -3.55. The second kappa shape index (κ2) is 10.2. The smallest absolute Gasteiger partial charge is 0.333 e. The van der Waals surface area contributed by atoms with Crippen molar-refractivity contribution in [2.75, 3.05) is 22.9 Å². The van der Waals surface area contributed by atoms with Gasteiger partial charge in [0.05, 0.1) is 22.0 Å². The van der Waals surface area contributed by atoms with Crippen LogP contribution in [0.2, 0.25) is 0 Å². The fourth-order valence-electron chi connectivity index (χ4n) is 4.71. The highest BCUT2D eigenvalue weighted by Gasteiger charge is 2.42. The van der Waals surface area contributed by atoms with E-state index in [1.54, 1.807) is 42.1 Å². The third-order valence-corrected chi connectivity index (χ3v) is 7.68. The minimum atomic E-state index is -1.29. The number of urea groups is 1. The number of benzene rings is 3. The zero-order valence-corrected chi connectivity index (χ0v) is 21.2. The third kappa shape index (κ3) is 4.18. The van der Waals surface area contributed by atoms with Crippen LogP contribution >= 0.6 is 11.8 Å². The van der Waals surface area contributed by atoms with Gasteiger partial charge in [0.2, 0.25) is 0 Å². The second-order valence-corrected chi connectivity index (χ2v) is 9.85. The molecule has 1 N–H and O–H groups in total. The lowest BCUT2D eigenvalue weighted by Crippen LogP contribution is -2.58. The average Bonchev–Trinajstić information content (AvgIpc) is 3.27. The number of carbonyl (C=O) groups is 2. The van der Waals surface area contributed by atoms with Gasteiger partial charge in [-0.15, -0.1) is 0 Å². The van der Waals surface area contributed by atoms with E-state index < -0.39 is 18.2 Å². The Bertz CT molecular complexity index is 1370. The molecule has 0 aromatic heterocycles. The van der Waals surface area contributed by atoms with Gasteiger partial charge in [-0.2, -0.15) is 0 Å². The molecule has 2 aliphatic heterocycles. The first-order chi connectivity index (χ1) is 17.5. The largest absolute Gasteiger partial charge is 0.369 e. The minimum Gasteiger partial charge on any atom is -0.369 e. The predicted octanol–water partition coefficient (Wildman–Crippen LogP) is 6.13. The lowest BCUT2D eigenvalue weighted by molar-refractivity contribution is -0.118. The van der Waals surface area contributed by atoms with Gasteiger partial charge >= 0.3 is 6.03 Å². The van der Waals surface area contributed by atoms with Crippen molar-refractivity contribution in [2.24, 2.45) is 0 Å². The molecule has 3 amide bonds. The number of para-hydroxylation sites is 1. The van der Waals surface area contributed by atoms with E-state index in [4.69, 9.17) is 0 Å². The Morgan fingerprint density at radius 3 is 2.44 bits per heavy atom. The van der Waals surface area contributed by atoms with Crippen LogP contribution in [0.1, 0.15) is 26.7 Å². The van der Waals surface area contributed by atoms with Crippen molar-refractivity contribution in [2.45, 2.75) is 37.8 Å². The fraction of sp³-hybridized carbons (Fsp3) is 0.241. The topological polar surface area (TPSA) is 64.1 Å². The van der Waals surface area contributed by atoms with Gasteiger partial charge in [0.25, 0.3) is 5.91 Å². The van der Waals surface area contributed by atoms with E-state index in [9.17, 15) is 14.7 Å². The van der Waals surface area contributed by atoms with Gasteiger partial charge in [-0.3, -0.25) is 9.69 Å². The number of hydrogen-bond acceptors (Lipinski definition) is 5. The van der Waals surface area contributed by atoms with Gasteiger partial charge in [0.15, 0.2) is 6.23 Å². The number of rotatable bonds is 6. The van der Waals surface area contributed by atoms with Crippen LogP contribution in [-0.4, -0.2) is 41.3 Å². The van der Waals surface area contributed by atoms with Crippen molar-refractivity contribution in [1.29, 1.82) is 0 Å². The normalized spacial score (nSPS) is 20.2. The van der Waals surface area contributed by atoms with Gasteiger partial charge in [-0.05, 0) is 49.1 Å². The Morgan fingerprint density at radius 2 is 1.69 bits per heavy atom. The molecule has 1 unspecified atom stereocenters. The number of hydrogen-bond donors (Lipinski definition) is 1. The van der Waals surface area contributed by atoms with Crippen molar-refractivity contribution >= 4 is 45.8 Å². The molecule has 1 fully saturated rings. The molecule has 1 saturated heterocycles. The fourth-order valence-corrected chi connectivity index (χ4v) is 5.85. The number of unbranched alkanes of at least 4 members (excludes halogenated alkanes) is 1. The van der Waals surface area contributed by atoms with Crippen molar-refractivity contribution in [3.8, 4) is 0 Å². The van der Waals surface area contributed by atoms with Crippen LogP contribution in [0.3, 0.4) is 0 Å². The van der Waals surface area contributed by atoms with Crippen LogP contribution in [0, 0.1) is 0 Å². The highest BCUT2D eigenvalue weighted by molar-refractivity contribution is 8.03. The van der Waals surface area contributed by atoms with Gasteiger partial charge in [0.1, 0.15) is 0 Å². The van der Waals surface area contributed by atoms with E-state index in [1.807, 2.05) is 31.2 Å². The predicted molar refractivity (Wildman–Crippen MR) is 146 cm³/mol. The van der Waals surface area contributed by atoms with Crippen LogP contribution in [0.4, 0.5) is 16.2 Å². The molecule has 184 valence electrons. The molecule has 3 aromatic carbocycles. The standard InChI is InChI=1S/C29H29N3O3S/c1-3-5-19-31-27(33)23(28(34)32(29(31)35)21-12-7-6-8-13-21)16-18-25-30(4-2)26-22-14-10-9-11-20(22)15-17-24(26)36-25/h6-18,27,33H,3-5,19H2,1-2H3/b23-16+,25-18-. The van der Waals surface area contributed by atoms with Crippen molar-refractivity contribution in [3.63, 3.8) is 0 Å². The van der Waals surface area contributed by atoms with Gasteiger partial charge in [0, 0.05) is 23.4 Å². The minimum absolute atomic E-state index is 0.180. The number of aliphatic hydroxyl groups is 1. The summed E-state index contributed by atoms with van der Waals surface area (Å²) < 4.78 is 0. The molecule has 36 heavy (non-hydrogen) atoms. The molecule has 0 spiro atoms. The lowest BCUT2D eigenvalue weighted by atomic mass is 10.1. The van der Waals surface area contributed by atoms with Crippen LogP contribution in [0.5, 0.6) is 0 Å². The molecule has 6 nitrogen and oxygen atoms in total. The number of amides is 3. The average molecular weight is 500 g/mol. The zero-order valence-electron chi connectivity index (χ0n) is 20.4. The maximum absolute atomic E-state index is 13.5. The first-order valence-electron chi connectivity index (χ1n) is 12.3. The molecule has 2 heterocycles. The van der Waals surface area contributed by atoms with E-state index in [0.29, 0.717) is 12.2 Å².